The van der Waals surface area contributed by atoms with Crippen molar-refractivity contribution >= 4 is 46.5 Å². The molecule has 136 valence electrons. The number of nitro groups is 1. The molecule has 2 rings (SSSR count). The summed E-state index contributed by atoms with van der Waals surface area (Å²) in [7, 11) is 0. The van der Waals surface area contributed by atoms with Crippen molar-refractivity contribution in [1.82, 2.24) is 0 Å². The maximum absolute atomic E-state index is 12.0. The van der Waals surface area contributed by atoms with Gasteiger partial charge >= 0.3 is 5.97 Å². The molecule has 0 spiro atoms. The third-order valence-corrected chi connectivity index (χ3v) is 4.31. The molecule has 0 fully saturated rings. The first-order valence-electron chi connectivity index (χ1n) is 7.36. The highest BCUT2D eigenvalue weighted by Gasteiger charge is 2.18. The summed E-state index contributed by atoms with van der Waals surface area (Å²) in [5.74, 6) is -1.47. The summed E-state index contributed by atoms with van der Waals surface area (Å²) in [6, 6.07) is 7.01. The van der Waals surface area contributed by atoms with E-state index < -0.39 is 23.4 Å². The Hall–Kier alpha value is -2.64. The Bertz CT molecular complexity index is 899. The second-order valence-corrected chi connectivity index (χ2v) is 6.28. The van der Waals surface area contributed by atoms with Crippen LogP contribution in [0.3, 0.4) is 0 Å². The van der Waals surface area contributed by atoms with E-state index in [1.54, 1.807) is 13.8 Å². The third kappa shape index (κ3) is 4.71. The van der Waals surface area contributed by atoms with Crippen molar-refractivity contribution in [3.8, 4) is 0 Å². The van der Waals surface area contributed by atoms with Gasteiger partial charge in [0.2, 0.25) is 0 Å². The van der Waals surface area contributed by atoms with Crippen LogP contribution in [0.25, 0.3) is 0 Å². The van der Waals surface area contributed by atoms with E-state index in [4.69, 9.17) is 27.9 Å². The van der Waals surface area contributed by atoms with Crippen LogP contribution in [0.4, 0.5) is 11.4 Å². The minimum Gasteiger partial charge on any atom is -0.452 e. The molecule has 0 aromatic heterocycles. The number of nitrogens with zero attached hydrogens (tertiary/aromatic N) is 1. The molecule has 0 aliphatic rings. The molecule has 2 aromatic rings. The van der Waals surface area contributed by atoms with Crippen LogP contribution in [0.1, 0.15) is 21.5 Å². The average Bonchev–Trinajstić information content (AvgIpc) is 2.58. The van der Waals surface area contributed by atoms with E-state index in [1.165, 1.54) is 30.3 Å². The van der Waals surface area contributed by atoms with Gasteiger partial charge in [-0.2, -0.15) is 0 Å². The number of aryl methyl sites for hydroxylation is 2. The second-order valence-electron chi connectivity index (χ2n) is 5.46. The van der Waals surface area contributed by atoms with Gasteiger partial charge in [0.1, 0.15) is 5.69 Å². The Morgan fingerprint density at radius 2 is 1.77 bits per heavy atom. The number of carbonyl (C=O) groups excluding carboxylic acids is 2. The van der Waals surface area contributed by atoms with Crippen molar-refractivity contribution in [3.05, 3.63) is 67.2 Å². The van der Waals surface area contributed by atoms with Gasteiger partial charge in [-0.25, -0.2) is 4.79 Å². The monoisotopic (exact) mass is 396 g/mol. The number of rotatable bonds is 5. The molecule has 0 saturated carbocycles. The van der Waals surface area contributed by atoms with E-state index in [0.717, 1.165) is 11.1 Å². The number of carbonyl (C=O) groups is 2. The first-order valence-corrected chi connectivity index (χ1v) is 8.12. The number of esters is 1. The number of ether oxygens (including phenoxy) is 1. The summed E-state index contributed by atoms with van der Waals surface area (Å²) >= 11 is 11.6. The van der Waals surface area contributed by atoms with Crippen LogP contribution >= 0.6 is 23.2 Å². The molecule has 2 aromatic carbocycles. The summed E-state index contributed by atoms with van der Waals surface area (Å²) in [5, 5.41) is 14.0. The van der Waals surface area contributed by atoms with Gasteiger partial charge in [0.15, 0.2) is 6.61 Å². The predicted octanol–water partition coefficient (Wildman–Crippen LogP) is 4.31. The lowest BCUT2D eigenvalue weighted by Gasteiger charge is -2.09. The summed E-state index contributed by atoms with van der Waals surface area (Å²) in [6.07, 6.45) is 0. The molecule has 9 heteroatoms. The zero-order valence-electron chi connectivity index (χ0n) is 13.8. The lowest BCUT2D eigenvalue weighted by atomic mass is 10.1. The molecule has 0 heterocycles. The van der Waals surface area contributed by atoms with Crippen molar-refractivity contribution in [2.24, 2.45) is 0 Å². The molecule has 0 aliphatic heterocycles. The Morgan fingerprint density at radius 3 is 2.38 bits per heavy atom. The molecule has 0 unspecified atom stereocenters. The first-order chi connectivity index (χ1) is 12.2. The van der Waals surface area contributed by atoms with Gasteiger partial charge in [0, 0.05) is 6.07 Å². The molecule has 0 atom stereocenters. The van der Waals surface area contributed by atoms with Crippen LogP contribution in [-0.4, -0.2) is 23.4 Å². The topological polar surface area (TPSA) is 98.5 Å². The van der Waals surface area contributed by atoms with E-state index in [0.29, 0.717) is 0 Å². The fourth-order valence-electron chi connectivity index (χ4n) is 2.08. The molecule has 1 amide bonds. The average molecular weight is 397 g/mol. The fourth-order valence-corrected chi connectivity index (χ4v) is 2.37. The third-order valence-electron chi connectivity index (χ3n) is 3.57. The number of halogens is 2. The molecule has 0 saturated heterocycles. The van der Waals surface area contributed by atoms with E-state index in [-0.39, 0.29) is 27.0 Å². The molecule has 0 aliphatic carbocycles. The number of nitrogens with one attached hydrogen (secondary N) is 1. The summed E-state index contributed by atoms with van der Waals surface area (Å²) in [4.78, 5) is 34.4. The van der Waals surface area contributed by atoms with Crippen molar-refractivity contribution < 1.29 is 19.2 Å². The highest BCUT2D eigenvalue weighted by molar-refractivity contribution is 6.42. The smallest absolute Gasteiger partial charge is 0.338 e. The zero-order chi connectivity index (χ0) is 19.4. The Balaban J connectivity index is 2.05. The van der Waals surface area contributed by atoms with E-state index in [2.05, 4.69) is 5.32 Å². The van der Waals surface area contributed by atoms with Crippen LogP contribution < -0.4 is 5.32 Å². The Kier molecular flexibility index (Phi) is 6.18. The second kappa shape index (κ2) is 8.16. The Labute approximate surface area is 159 Å². The van der Waals surface area contributed by atoms with Gasteiger partial charge in [0.25, 0.3) is 11.6 Å². The van der Waals surface area contributed by atoms with Crippen LogP contribution in [0.2, 0.25) is 10.0 Å². The molecule has 26 heavy (non-hydrogen) atoms. The van der Waals surface area contributed by atoms with Crippen molar-refractivity contribution in [2.75, 3.05) is 11.9 Å². The number of anilines is 1. The van der Waals surface area contributed by atoms with Crippen molar-refractivity contribution in [3.63, 3.8) is 0 Å². The lowest BCUT2D eigenvalue weighted by Crippen LogP contribution is -2.21. The maximum Gasteiger partial charge on any atom is 0.338 e. The lowest BCUT2D eigenvalue weighted by molar-refractivity contribution is -0.384. The molecular formula is C17H14Cl2N2O5. The van der Waals surface area contributed by atoms with Gasteiger partial charge in [-0.1, -0.05) is 23.2 Å². The number of benzene rings is 2. The molecule has 0 radical (unpaired) electrons. The maximum atomic E-state index is 12.0. The van der Waals surface area contributed by atoms with Gasteiger partial charge in [0.05, 0.1) is 20.5 Å². The number of nitro benzene ring substituents is 1. The number of hydrogen-bond donors (Lipinski definition) is 1. The summed E-state index contributed by atoms with van der Waals surface area (Å²) < 4.78 is 4.89. The van der Waals surface area contributed by atoms with Gasteiger partial charge in [-0.3, -0.25) is 14.9 Å². The SMILES string of the molecule is Cc1cc(NC(=O)COC(=O)c2ccc(Cl)c(Cl)c2)c([N+](=O)[O-])cc1C. The minimum absolute atomic E-state index is 0.0358. The predicted molar refractivity (Wildman–Crippen MR) is 97.9 cm³/mol. The minimum atomic E-state index is -0.770. The van der Waals surface area contributed by atoms with Crippen molar-refractivity contribution in [1.29, 1.82) is 0 Å². The highest BCUT2D eigenvalue weighted by atomic mass is 35.5. The van der Waals surface area contributed by atoms with Crippen molar-refractivity contribution in [2.45, 2.75) is 13.8 Å². The van der Waals surface area contributed by atoms with E-state index >= 15 is 0 Å². The van der Waals surface area contributed by atoms with Crippen LogP contribution in [0.5, 0.6) is 0 Å². The van der Waals surface area contributed by atoms with E-state index in [9.17, 15) is 19.7 Å². The molecular weight excluding hydrogens is 383 g/mol. The van der Waals surface area contributed by atoms with E-state index in [1.807, 2.05) is 0 Å². The summed E-state index contributed by atoms with van der Waals surface area (Å²) in [5.41, 5.74) is 1.43. The largest absolute Gasteiger partial charge is 0.452 e. The van der Waals surface area contributed by atoms with Crippen LogP contribution in [0.15, 0.2) is 30.3 Å². The number of amides is 1. The van der Waals surface area contributed by atoms with Crippen LogP contribution in [0, 0.1) is 24.0 Å². The molecule has 1 N–H and O–H groups in total. The van der Waals surface area contributed by atoms with Crippen LogP contribution in [-0.2, 0) is 9.53 Å². The number of hydrogen-bond acceptors (Lipinski definition) is 5. The normalized spacial score (nSPS) is 10.3. The highest BCUT2D eigenvalue weighted by Crippen LogP contribution is 2.28. The quantitative estimate of drug-likeness (QED) is 0.461. The zero-order valence-corrected chi connectivity index (χ0v) is 15.4. The van der Waals surface area contributed by atoms with Gasteiger partial charge in [-0.05, 0) is 49.2 Å². The summed E-state index contributed by atoms with van der Waals surface area (Å²) in [6.45, 7) is 2.88. The van der Waals surface area contributed by atoms with Gasteiger partial charge in [-0.15, -0.1) is 0 Å². The first kappa shape index (κ1) is 19.7. The molecule has 0 bridgehead atoms. The standard InChI is InChI=1S/C17H14Cl2N2O5/c1-9-5-14(15(21(24)25)6-10(9)2)20-16(22)8-26-17(23)11-3-4-12(18)13(19)7-11/h3-7H,8H2,1-2H3,(H,20,22). The fraction of sp³-hybridized carbons (Fsp3) is 0.176. The Morgan fingerprint density at radius 1 is 1.12 bits per heavy atom. The molecule has 7 nitrogen and oxygen atoms in total. The van der Waals surface area contributed by atoms with Gasteiger partial charge < -0.3 is 10.1 Å².